The average molecular weight is 479 g/mol. The molecular weight excluding hydrogens is 451 g/mol. The van der Waals surface area contributed by atoms with Gasteiger partial charge in [-0.2, -0.15) is 5.10 Å². The van der Waals surface area contributed by atoms with Crippen LogP contribution in [0.5, 0.6) is 0 Å². The molecule has 1 amide bonds. The van der Waals surface area contributed by atoms with Crippen molar-refractivity contribution < 1.29 is 14.0 Å². The number of nitrogens with zero attached hydrogens (tertiary/aromatic N) is 8. The first-order valence-electron chi connectivity index (χ1n) is 11.9. The minimum absolute atomic E-state index is 0.00639. The van der Waals surface area contributed by atoms with Crippen molar-refractivity contribution >= 4 is 11.7 Å². The average Bonchev–Trinajstić information content (AvgIpc) is 3.25. The Bertz CT molecular complexity index is 1280. The molecule has 2 aliphatic heterocycles. The molecule has 3 aliphatic rings. The Kier molecular flexibility index (Phi) is 5.24. The number of piperidine rings is 1. The summed E-state index contributed by atoms with van der Waals surface area (Å²) in [7, 11) is 1.83. The zero-order chi connectivity index (χ0) is 24.2. The van der Waals surface area contributed by atoms with Crippen LogP contribution in [0.4, 0.5) is 10.2 Å². The van der Waals surface area contributed by atoms with Gasteiger partial charge < -0.3 is 4.90 Å². The largest absolute Gasteiger partial charge is 0.356 e. The lowest BCUT2D eigenvalue weighted by Crippen LogP contribution is -2.49. The molecule has 35 heavy (non-hydrogen) atoms. The molecule has 0 aromatic carbocycles. The number of pyridine rings is 1. The van der Waals surface area contributed by atoms with Crippen molar-refractivity contribution in [3.63, 3.8) is 0 Å². The van der Waals surface area contributed by atoms with Crippen molar-refractivity contribution in [3.8, 4) is 11.5 Å². The number of anilines is 1. The minimum atomic E-state index is -0.362. The second-order valence-electron chi connectivity index (χ2n) is 9.73. The topological polar surface area (TPSA) is 102 Å². The van der Waals surface area contributed by atoms with E-state index in [0.29, 0.717) is 48.8 Å². The van der Waals surface area contributed by atoms with Crippen LogP contribution >= 0.6 is 0 Å². The first-order valence-corrected chi connectivity index (χ1v) is 11.9. The number of hydroxylamine groups is 2. The molecule has 3 aromatic heterocycles. The molecule has 2 atom stereocenters. The van der Waals surface area contributed by atoms with Gasteiger partial charge in [-0.15, -0.1) is 0 Å². The summed E-state index contributed by atoms with van der Waals surface area (Å²) in [6.07, 6.45) is 8.01. The molecule has 5 heterocycles. The van der Waals surface area contributed by atoms with Crippen LogP contribution in [0.15, 0.2) is 31.0 Å². The van der Waals surface area contributed by atoms with E-state index < -0.39 is 0 Å². The third-order valence-electron chi connectivity index (χ3n) is 7.59. The summed E-state index contributed by atoms with van der Waals surface area (Å²) < 4.78 is 15.8. The van der Waals surface area contributed by atoms with E-state index in [1.807, 2.05) is 13.1 Å². The summed E-state index contributed by atoms with van der Waals surface area (Å²) in [6, 6.07) is 3.09. The first kappa shape index (κ1) is 22.0. The summed E-state index contributed by atoms with van der Waals surface area (Å²) in [5.41, 5.74) is 1.64. The summed E-state index contributed by atoms with van der Waals surface area (Å²) in [6.45, 7) is 3.51. The van der Waals surface area contributed by atoms with Crippen LogP contribution < -0.4 is 4.90 Å². The zero-order valence-corrected chi connectivity index (χ0v) is 19.8. The fourth-order valence-electron chi connectivity index (χ4n) is 5.43. The SMILES string of the molecule is Cc1ncc([C@@H]2CCON2C(=O)[C@@H]2CCN(c3cc(-c4ncnn4C)ncn3)CC23CC3)cc1F. The van der Waals surface area contributed by atoms with E-state index in [2.05, 4.69) is 29.9 Å². The van der Waals surface area contributed by atoms with Crippen LogP contribution in [0.2, 0.25) is 0 Å². The van der Waals surface area contributed by atoms with Crippen molar-refractivity contribution in [2.75, 3.05) is 24.6 Å². The van der Waals surface area contributed by atoms with Crippen LogP contribution in [0.3, 0.4) is 0 Å². The molecule has 2 saturated heterocycles. The van der Waals surface area contributed by atoms with E-state index in [1.165, 1.54) is 17.5 Å². The number of aromatic nitrogens is 6. The fraction of sp³-hybridized carbons (Fsp3) is 0.500. The van der Waals surface area contributed by atoms with Gasteiger partial charge in [-0.3, -0.25) is 14.6 Å². The third kappa shape index (κ3) is 3.83. The molecule has 0 bridgehead atoms. The number of carbonyl (C=O) groups excluding carboxylic acids is 1. The van der Waals surface area contributed by atoms with Gasteiger partial charge in [-0.25, -0.2) is 29.1 Å². The number of hydrogen-bond donors (Lipinski definition) is 0. The predicted octanol–water partition coefficient (Wildman–Crippen LogP) is 2.63. The molecular formula is C24H27FN8O2. The van der Waals surface area contributed by atoms with Gasteiger partial charge in [-0.05, 0) is 43.2 Å². The maximum absolute atomic E-state index is 14.2. The number of carbonyl (C=O) groups is 1. The van der Waals surface area contributed by atoms with Crippen LogP contribution in [0.1, 0.15) is 43.0 Å². The summed E-state index contributed by atoms with van der Waals surface area (Å²) in [5.74, 6) is 1.00. The summed E-state index contributed by atoms with van der Waals surface area (Å²) >= 11 is 0. The highest BCUT2D eigenvalue weighted by Gasteiger charge is 2.57. The molecule has 182 valence electrons. The van der Waals surface area contributed by atoms with Gasteiger partial charge >= 0.3 is 0 Å². The Balaban J connectivity index is 1.20. The van der Waals surface area contributed by atoms with Crippen LogP contribution in [-0.4, -0.2) is 60.4 Å². The standard InChI is InChI=1S/C24H27FN8O2/c1-15-18(25)9-16(11-26-15)20-4-8-35-33(20)23(34)17-3-7-32(12-24(17)5-6-24)21-10-19(27-13-28-21)22-29-14-30-31(22)2/h9-11,13-14,17,20H,3-8,12H2,1-2H3/t17-,20-/m0/s1. The fourth-order valence-corrected chi connectivity index (χ4v) is 5.43. The van der Waals surface area contributed by atoms with Crippen molar-refractivity contribution in [2.45, 2.75) is 38.6 Å². The van der Waals surface area contributed by atoms with Crippen molar-refractivity contribution in [1.29, 1.82) is 0 Å². The Hall–Kier alpha value is -3.47. The van der Waals surface area contributed by atoms with E-state index in [0.717, 1.165) is 25.2 Å². The third-order valence-corrected chi connectivity index (χ3v) is 7.59. The highest BCUT2D eigenvalue weighted by Crippen LogP contribution is 2.57. The van der Waals surface area contributed by atoms with E-state index in [4.69, 9.17) is 4.84 Å². The van der Waals surface area contributed by atoms with Gasteiger partial charge in [0.15, 0.2) is 5.82 Å². The molecule has 6 rings (SSSR count). The van der Waals surface area contributed by atoms with Gasteiger partial charge in [0, 0.05) is 44.7 Å². The molecule has 0 radical (unpaired) electrons. The molecule has 0 N–H and O–H groups in total. The molecule has 1 aliphatic carbocycles. The number of aryl methyl sites for hydroxylation is 2. The lowest BCUT2D eigenvalue weighted by molar-refractivity contribution is -0.185. The summed E-state index contributed by atoms with van der Waals surface area (Å²) in [4.78, 5) is 39.0. The zero-order valence-electron chi connectivity index (χ0n) is 19.8. The van der Waals surface area contributed by atoms with Crippen LogP contribution in [0, 0.1) is 24.1 Å². The van der Waals surface area contributed by atoms with Gasteiger partial charge in [0.25, 0.3) is 5.91 Å². The first-order chi connectivity index (χ1) is 16.9. The van der Waals surface area contributed by atoms with E-state index in [-0.39, 0.29) is 29.1 Å². The second-order valence-corrected chi connectivity index (χ2v) is 9.73. The molecule has 10 nitrogen and oxygen atoms in total. The monoisotopic (exact) mass is 478 g/mol. The van der Waals surface area contributed by atoms with E-state index in [1.54, 1.807) is 24.1 Å². The smallest absolute Gasteiger partial charge is 0.250 e. The lowest BCUT2D eigenvalue weighted by atomic mass is 9.81. The molecule has 0 unspecified atom stereocenters. The Morgan fingerprint density at radius 1 is 1.14 bits per heavy atom. The minimum Gasteiger partial charge on any atom is -0.356 e. The van der Waals surface area contributed by atoms with Gasteiger partial charge in [0.2, 0.25) is 0 Å². The van der Waals surface area contributed by atoms with Gasteiger partial charge in [0.1, 0.15) is 30.0 Å². The lowest BCUT2D eigenvalue weighted by Gasteiger charge is -2.40. The van der Waals surface area contributed by atoms with Crippen molar-refractivity contribution in [1.82, 2.24) is 34.8 Å². The normalized spacial score (nSPS) is 23.2. The Labute approximate surface area is 202 Å². The van der Waals surface area contributed by atoms with Crippen LogP contribution in [-0.2, 0) is 16.7 Å². The van der Waals surface area contributed by atoms with Gasteiger partial charge in [-0.1, -0.05) is 0 Å². The molecule has 3 fully saturated rings. The molecule has 1 saturated carbocycles. The predicted molar refractivity (Wildman–Crippen MR) is 123 cm³/mol. The molecule has 1 spiro atoms. The maximum atomic E-state index is 14.2. The molecule has 3 aromatic rings. The Morgan fingerprint density at radius 3 is 2.74 bits per heavy atom. The second kappa shape index (κ2) is 8.33. The quantitative estimate of drug-likeness (QED) is 0.564. The number of rotatable bonds is 4. The van der Waals surface area contributed by atoms with Crippen LogP contribution in [0.25, 0.3) is 11.5 Å². The van der Waals surface area contributed by atoms with Crippen molar-refractivity contribution in [3.05, 3.63) is 48.1 Å². The highest BCUT2D eigenvalue weighted by atomic mass is 19.1. The highest BCUT2D eigenvalue weighted by molar-refractivity contribution is 5.80. The number of amides is 1. The molecule has 11 heteroatoms. The maximum Gasteiger partial charge on any atom is 0.250 e. The van der Waals surface area contributed by atoms with Gasteiger partial charge in [0.05, 0.1) is 18.3 Å². The Morgan fingerprint density at radius 2 is 2.00 bits per heavy atom. The van der Waals surface area contributed by atoms with E-state index >= 15 is 0 Å². The number of hydrogen-bond acceptors (Lipinski definition) is 8. The summed E-state index contributed by atoms with van der Waals surface area (Å²) in [5, 5.41) is 5.61. The number of halogens is 1. The van der Waals surface area contributed by atoms with E-state index in [9.17, 15) is 9.18 Å². The van der Waals surface area contributed by atoms with Crippen molar-refractivity contribution in [2.24, 2.45) is 18.4 Å².